The first-order valence-electron chi connectivity index (χ1n) is 8.45. The van der Waals surface area contributed by atoms with E-state index in [-0.39, 0.29) is 29.8 Å². The second-order valence-electron chi connectivity index (χ2n) is 5.97. The molecule has 3 aromatic rings. The molecule has 0 radical (unpaired) electrons. The number of aromatic nitrogens is 3. The van der Waals surface area contributed by atoms with Crippen molar-refractivity contribution in [3.05, 3.63) is 54.0 Å². The van der Waals surface area contributed by atoms with Gasteiger partial charge in [-0.25, -0.2) is 9.78 Å². The van der Waals surface area contributed by atoms with Crippen LogP contribution in [0.3, 0.4) is 0 Å². The molecule has 158 valence electrons. The van der Waals surface area contributed by atoms with Gasteiger partial charge in [-0.1, -0.05) is 17.3 Å². The fraction of sp³-hybridized carbons (Fsp3) is 0.222. The number of carbonyl (C=O) groups excluding carboxylic acids is 1. The van der Waals surface area contributed by atoms with Crippen molar-refractivity contribution >= 4 is 6.09 Å². The third-order valence-electron chi connectivity index (χ3n) is 3.74. The number of hydrogen-bond acceptors (Lipinski definition) is 8. The molecular formula is C18H15F3N4O5. The van der Waals surface area contributed by atoms with Crippen LogP contribution in [-0.2, 0) is 17.3 Å². The summed E-state index contributed by atoms with van der Waals surface area (Å²) in [5.41, 5.74) is 4.52. The summed E-state index contributed by atoms with van der Waals surface area (Å²) in [5, 5.41) is 13.0. The quantitative estimate of drug-likeness (QED) is 0.591. The van der Waals surface area contributed by atoms with Gasteiger partial charge in [-0.3, -0.25) is 0 Å². The van der Waals surface area contributed by atoms with Crippen molar-refractivity contribution < 1.29 is 37.1 Å². The van der Waals surface area contributed by atoms with Crippen LogP contribution >= 0.6 is 0 Å². The molecule has 0 saturated carbocycles. The zero-order valence-electron chi connectivity index (χ0n) is 15.2. The minimum atomic E-state index is -4.49. The average molecular weight is 424 g/mol. The molecule has 1 amide bonds. The fourth-order valence-electron chi connectivity index (χ4n) is 2.39. The summed E-state index contributed by atoms with van der Waals surface area (Å²) >= 11 is 0. The highest BCUT2D eigenvalue weighted by atomic mass is 19.4. The number of rotatable bonds is 7. The van der Waals surface area contributed by atoms with Gasteiger partial charge in [-0.05, 0) is 18.2 Å². The number of alkyl halides is 3. The largest absolute Gasteiger partial charge is 0.443 e. The Morgan fingerprint density at radius 2 is 2.07 bits per heavy atom. The molecule has 0 aliphatic carbocycles. The summed E-state index contributed by atoms with van der Waals surface area (Å²) in [6, 6.07) is 8.37. The molecule has 1 aromatic carbocycles. The zero-order chi connectivity index (χ0) is 21.7. The van der Waals surface area contributed by atoms with E-state index in [1.807, 2.05) is 0 Å². The van der Waals surface area contributed by atoms with Crippen molar-refractivity contribution in [2.45, 2.75) is 18.7 Å². The number of aliphatic hydroxyl groups excluding tert-OH is 1. The van der Waals surface area contributed by atoms with Gasteiger partial charge in [0, 0.05) is 17.8 Å². The van der Waals surface area contributed by atoms with Crippen LogP contribution in [0.15, 0.2) is 47.1 Å². The Kier molecular flexibility index (Phi) is 6.16. The molecular weight excluding hydrogens is 409 g/mol. The Morgan fingerprint density at radius 1 is 1.27 bits per heavy atom. The lowest BCUT2D eigenvalue weighted by Gasteiger charge is -2.10. The lowest BCUT2D eigenvalue weighted by atomic mass is 10.2. The molecule has 2 heterocycles. The number of nitrogens with two attached hydrogens (primary N) is 1. The van der Waals surface area contributed by atoms with Crippen LogP contribution in [0.1, 0.15) is 11.5 Å². The number of hydrogen-bond donors (Lipinski definition) is 2. The van der Waals surface area contributed by atoms with Crippen molar-refractivity contribution in [1.29, 1.82) is 0 Å². The van der Waals surface area contributed by atoms with Crippen molar-refractivity contribution in [2.75, 3.05) is 6.61 Å². The minimum Gasteiger partial charge on any atom is -0.443 e. The highest BCUT2D eigenvalue weighted by Crippen LogP contribution is 2.30. The number of primary amides is 1. The molecule has 0 spiro atoms. The van der Waals surface area contributed by atoms with E-state index in [2.05, 4.69) is 15.1 Å². The van der Waals surface area contributed by atoms with Gasteiger partial charge in [-0.15, -0.1) is 0 Å². The van der Waals surface area contributed by atoms with E-state index in [1.165, 1.54) is 6.07 Å². The van der Waals surface area contributed by atoms with Crippen LogP contribution in [0.25, 0.3) is 11.4 Å². The lowest BCUT2D eigenvalue weighted by Crippen LogP contribution is -2.27. The SMILES string of the molecule is NC(=O)OC(CO)Cc1nc(-c2cccc(Oc3ccc(C(F)(F)F)cn3)c2)no1. The Bertz CT molecular complexity index is 1010. The van der Waals surface area contributed by atoms with Crippen molar-refractivity contribution in [3.63, 3.8) is 0 Å². The lowest BCUT2D eigenvalue weighted by molar-refractivity contribution is -0.137. The minimum absolute atomic E-state index is 0.0247. The number of benzene rings is 1. The third kappa shape index (κ3) is 5.44. The molecule has 1 atom stereocenters. The Morgan fingerprint density at radius 3 is 2.70 bits per heavy atom. The number of carbonyl (C=O) groups is 1. The van der Waals surface area contributed by atoms with E-state index in [0.717, 1.165) is 12.1 Å². The summed E-state index contributed by atoms with van der Waals surface area (Å²) in [4.78, 5) is 18.6. The Balaban J connectivity index is 1.71. The van der Waals surface area contributed by atoms with Crippen LogP contribution in [0.4, 0.5) is 18.0 Å². The summed E-state index contributed by atoms with van der Waals surface area (Å²) < 4.78 is 53.1. The van der Waals surface area contributed by atoms with Gasteiger partial charge in [0.1, 0.15) is 11.9 Å². The Labute approximate surface area is 167 Å². The van der Waals surface area contributed by atoms with Crippen LogP contribution in [0.2, 0.25) is 0 Å². The number of nitrogens with zero attached hydrogens (tertiary/aromatic N) is 3. The highest BCUT2D eigenvalue weighted by molar-refractivity contribution is 5.64. The molecule has 12 heteroatoms. The average Bonchev–Trinajstić information content (AvgIpc) is 3.15. The molecule has 1 unspecified atom stereocenters. The van der Waals surface area contributed by atoms with E-state index >= 15 is 0 Å². The molecule has 0 aliphatic rings. The molecule has 0 fully saturated rings. The number of aliphatic hydroxyl groups is 1. The Hall–Kier alpha value is -3.67. The molecule has 3 N–H and O–H groups in total. The third-order valence-corrected chi connectivity index (χ3v) is 3.74. The molecule has 0 aliphatic heterocycles. The standard InChI is InChI=1S/C18H15F3N4O5/c19-18(20,21)11-4-5-14(23-8-11)28-12-3-1-2-10(6-12)16-24-15(30-25-16)7-13(9-26)29-17(22)27/h1-6,8,13,26H,7,9H2,(H2,22,27). The molecule has 9 nitrogen and oxygen atoms in total. The molecule has 2 aromatic heterocycles. The first-order chi connectivity index (χ1) is 14.2. The monoisotopic (exact) mass is 424 g/mol. The van der Waals surface area contributed by atoms with E-state index in [1.54, 1.807) is 18.2 Å². The maximum atomic E-state index is 12.6. The summed E-state index contributed by atoms with van der Waals surface area (Å²) in [7, 11) is 0. The van der Waals surface area contributed by atoms with Crippen LogP contribution < -0.4 is 10.5 Å². The molecule has 0 saturated heterocycles. The first kappa shape index (κ1) is 21.0. The van der Waals surface area contributed by atoms with E-state index in [0.29, 0.717) is 11.8 Å². The van der Waals surface area contributed by atoms with Crippen LogP contribution in [-0.4, -0.2) is 39.0 Å². The molecule has 0 bridgehead atoms. The van der Waals surface area contributed by atoms with Gasteiger partial charge in [0.05, 0.1) is 18.6 Å². The zero-order valence-corrected chi connectivity index (χ0v) is 15.2. The van der Waals surface area contributed by atoms with Crippen LogP contribution in [0, 0.1) is 0 Å². The summed E-state index contributed by atoms with van der Waals surface area (Å²) in [6.07, 6.45) is -5.83. The molecule has 3 rings (SSSR count). The maximum Gasteiger partial charge on any atom is 0.417 e. The van der Waals surface area contributed by atoms with Gasteiger partial charge >= 0.3 is 12.3 Å². The molecule has 30 heavy (non-hydrogen) atoms. The van der Waals surface area contributed by atoms with Crippen molar-refractivity contribution in [2.24, 2.45) is 5.73 Å². The van der Waals surface area contributed by atoms with Gasteiger partial charge in [0.15, 0.2) is 0 Å². The van der Waals surface area contributed by atoms with Crippen LogP contribution in [0.5, 0.6) is 11.6 Å². The van der Waals surface area contributed by atoms with Gasteiger partial charge < -0.3 is 24.8 Å². The van der Waals surface area contributed by atoms with E-state index in [9.17, 15) is 23.1 Å². The number of pyridine rings is 1. The number of halogens is 3. The second-order valence-corrected chi connectivity index (χ2v) is 5.97. The highest BCUT2D eigenvalue weighted by Gasteiger charge is 2.30. The smallest absolute Gasteiger partial charge is 0.417 e. The van der Waals surface area contributed by atoms with Gasteiger partial charge in [-0.2, -0.15) is 18.2 Å². The normalized spacial score (nSPS) is 12.4. The van der Waals surface area contributed by atoms with E-state index < -0.39 is 30.5 Å². The topological polar surface area (TPSA) is 134 Å². The van der Waals surface area contributed by atoms with E-state index in [4.69, 9.17) is 19.7 Å². The first-order valence-corrected chi connectivity index (χ1v) is 8.45. The summed E-state index contributed by atoms with van der Waals surface area (Å²) in [5.74, 6) is 0.548. The predicted octanol–water partition coefficient (Wildman–Crippen LogP) is 2.94. The maximum absolute atomic E-state index is 12.6. The summed E-state index contributed by atoms with van der Waals surface area (Å²) in [6.45, 7) is -0.482. The number of ether oxygens (including phenoxy) is 2. The fourth-order valence-corrected chi connectivity index (χ4v) is 2.39. The second kappa shape index (κ2) is 8.78. The van der Waals surface area contributed by atoms with Crippen molar-refractivity contribution in [1.82, 2.24) is 15.1 Å². The predicted molar refractivity (Wildman–Crippen MR) is 94.3 cm³/mol. The van der Waals surface area contributed by atoms with Gasteiger partial charge in [0.2, 0.25) is 17.6 Å². The van der Waals surface area contributed by atoms with Crippen molar-refractivity contribution in [3.8, 4) is 23.0 Å². The van der Waals surface area contributed by atoms with Gasteiger partial charge in [0.25, 0.3) is 0 Å². The number of amides is 1.